The van der Waals surface area contributed by atoms with Gasteiger partial charge in [0.05, 0.1) is 21.8 Å². The van der Waals surface area contributed by atoms with Crippen molar-refractivity contribution in [2.24, 2.45) is 4.99 Å². The Morgan fingerprint density at radius 1 is 1.09 bits per heavy atom. The van der Waals surface area contributed by atoms with Gasteiger partial charge in [-0.05, 0) is 54.3 Å². The molecular formula is C25H18FN3O2S2. The second kappa shape index (κ2) is 8.73. The number of amides is 1. The van der Waals surface area contributed by atoms with E-state index in [1.165, 1.54) is 39.4 Å². The Morgan fingerprint density at radius 2 is 1.85 bits per heavy atom. The molecule has 0 aliphatic carbocycles. The van der Waals surface area contributed by atoms with Gasteiger partial charge in [0.15, 0.2) is 4.80 Å². The minimum Gasteiger partial charge on any atom is -0.322 e. The van der Waals surface area contributed by atoms with Crippen LogP contribution >= 0.6 is 22.7 Å². The van der Waals surface area contributed by atoms with Crippen molar-refractivity contribution < 1.29 is 9.18 Å². The molecule has 1 atom stereocenters. The Labute approximate surface area is 196 Å². The number of benzene rings is 2. The van der Waals surface area contributed by atoms with Gasteiger partial charge in [0.2, 0.25) is 0 Å². The SMILES string of the molecule is CC1=C(C(=O)Nc2ccccc2)[C@H](c2ccc(F)cc2)n2c(sc(=Cc3cccs3)c2=O)=N1. The van der Waals surface area contributed by atoms with Gasteiger partial charge in [0, 0.05) is 10.6 Å². The van der Waals surface area contributed by atoms with Gasteiger partial charge in [0.25, 0.3) is 11.5 Å². The van der Waals surface area contributed by atoms with Crippen molar-refractivity contribution in [1.29, 1.82) is 0 Å². The van der Waals surface area contributed by atoms with E-state index in [2.05, 4.69) is 10.3 Å². The van der Waals surface area contributed by atoms with Gasteiger partial charge in [-0.2, -0.15) is 0 Å². The molecule has 0 saturated carbocycles. The first-order valence-electron chi connectivity index (χ1n) is 10.2. The second-order valence-corrected chi connectivity index (χ2v) is 9.46. The summed E-state index contributed by atoms with van der Waals surface area (Å²) in [6.45, 7) is 1.76. The van der Waals surface area contributed by atoms with Gasteiger partial charge in [-0.1, -0.05) is 47.7 Å². The predicted octanol–water partition coefficient (Wildman–Crippen LogP) is 4.07. The zero-order chi connectivity index (χ0) is 22.9. The molecule has 0 fully saturated rings. The third-order valence-corrected chi connectivity index (χ3v) is 7.10. The lowest BCUT2D eigenvalue weighted by molar-refractivity contribution is -0.113. The fraction of sp³-hybridized carbons (Fsp3) is 0.0800. The molecule has 1 N–H and O–H groups in total. The number of thiophene rings is 1. The minimum atomic E-state index is -0.726. The van der Waals surface area contributed by atoms with Gasteiger partial charge >= 0.3 is 0 Å². The maximum Gasteiger partial charge on any atom is 0.271 e. The lowest BCUT2D eigenvalue weighted by Gasteiger charge is -2.25. The first-order valence-corrected chi connectivity index (χ1v) is 11.9. The van der Waals surface area contributed by atoms with Crippen LogP contribution in [0.5, 0.6) is 0 Å². The number of fused-ring (bicyclic) bond motifs is 1. The predicted molar refractivity (Wildman–Crippen MR) is 130 cm³/mol. The summed E-state index contributed by atoms with van der Waals surface area (Å²) in [5, 5.41) is 4.84. The highest BCUT2D eigenvalue weighted by Gasteiger charge is 2.32. The van der Waals surface area contributed by atoms with Gasteiger partial charge in [-0.15, -0.1) is 11.3 Å². The van der Waals surface area contributed by atoms with Crippen LogP contribution in [-0.4, -0.2) is 10.5 Å². The summed E-state index contributed by atoms with van der Waals surface area (Å²) in [6.07, 6.45) is 1.83. The number of allylic oxidation sites excluding steroid dienone is 1. The molecule has 8 heteroatoms. The van der Waals surface area contributed by atoms with Crippen molar-refractivity contribution in [3.63, 3.8) is 0 Å². The fourth-order valence-electron chi connectivity index (χ4n) is 3.79. The Hall–Kier alpha value is -3.62. The summed E-state index contributed by atoms with van der Waals surface area (Å²) in [4.78, 5) is 32.9. The average molecular weight is 476 g/mol. The normalized spacial score (nSPS) is 15.8. The molecule has 0 spiro atoms. The smallest absolute Gasteiger partial charge is 0.271 e. The van der Waals surface area contributed by atoms with E-state index in [1.54, 1.807) is 31.2 Å². The molecule has 2 aromatic carbocycles. The monoisotopic (exact) mass is 475 g/mol. The summed E-state index contributed by atoms with van der Waals surface area (Å²) >= 11 is 2.81. The molecular weight excluding hydrogens is 457 g/mol. The molecule has 1 amide bonds. The molecule has 3 heterocycles. The van der Waals surface area contributed by atoms with E-state index in [0.29, 0.717) is 31.9 Å². The zero-order valence-electron chi connectivity index (χ0n) is 17.5. The third kappa shape index (κ3) is 4.10. The van der Waals surface area contributed by atoms with Gasteiger partial charge in [-0.25, -0.2) is 9.38 Å². The lowest BCUT2D eigenvalue weighted by Crippen LogP contribution is -2.40. The van der Waals surface area contributed by atoms with E-state index >= 15 is 0 Å². The minimum absolute atomic E-state index is 0.237. The van der Waals surface area contributed by atoms with Crippen LogP contribution in [0.2, 0.25) is 0 Å². The summed E-state index contributed by atoms with van der Waals surface area (Å²) < 4.78 is 15.7. The first kappa shape index (κ1) is 21.2. The number of para-hydroxylation sites is 1. The van der Waals surface area contributed by atoms with E-state index in [4.69, 9.17) is 0 Å². The molecule has 1 aliphatic heterocycles. The number of nitrogens with zero attached hydrogens (tertiary/aromatic N) is 2. The molecule has 0 saturated heterocycles. The number of anilines is 1. The van der Waals surface area contributed by atoms with E-state index < -0.39 is 6.04 Å². The standard InChI is InChI=1S/C25H18FN3O2S2/c1-15-21(23(30)28-18-6-3-2-4-7-18)22(16-9-11-17(26)12-10-16)29-24(31)20(33-25(29)27-15)14-19-8-5-13-32-19/h2-14,22H,1H3,(H,28,30)/t22-/m0/s1. The molecule has 164 valence electrons. The van der Waals surface area contributed by atoms with Crippen LogP contribution in [-0.2, 0) is 4.79 Å². The number of carbonyl (C=O) groups excluding carboxylic acids is 1. The van der Waals surface area contributed by atoms with Crippen molar-refractivity contribution in [2.45, 2.75) is 13.0 Å². The zero-order valence-corrected chi connectivity index (χ0v) is 19.1. The highest BCUT2D eigenvalue weighted by Crippen LogP contribution is 2.30. The van der Waals surface area contributed by atoms with E-state index in [1.807, 2.05) is 41.8 Å². The van der Waals surface area contributed by atoms with Crippen LogP contribution in [0.3, 0.4) is 0 Å². The van der Waals surface area contributed by atoms with Crippen molar-refractivity contribution in [3.05, 3.63) is 119 Å². The van der Waals surface area contributed by atoms with Gasteiger partial charge in [-0.3, -0.25) is 14.2 Å². The number of thiazole rings is 1. The summed E-state index contributed by atoms with van der Waals surface area (Å²) in [5.74, 6) is -0.746. The molecule has 0 unspecified atom stereocenters. The number of carbonyl (C=O) groups is 1. The van der Waals surface area contributed by atoms with Crippen LogP contribution < -0.4 is 20.2 Å². The van der Waals surface area contributed by atoms with E-state index in [-0.39, 0.29) is 17.3 Å². The fourth-order valence-corrected chi connectivity index (χ4v) is 5.56. The third-order valence-electron chi connectivity index (χ3n) is 5.30. The summed E-state index contributed by atoms with van der Waals surface area (Å²) in [7, 11) is 0. The molecule has 1 aliphatic rings. The van der Waals surface area contributed by atoms with Crippen LogP contribution in [0, 0.1) is 5.82 Å². The lowest BCUT2D eigenvalue weighted by atomic mass is 9.95. The van der Waals surface area contributed by atoms with Crippen molar-refractivity contribution in [1.82, 2.24) is 4.57 Å². The summed E-state index contributed by atoms with van der Waals surface area (Å²) in [5.41, 5.74) is 1.89. The molecule has 0 bridgehead atoms. The molecule has 5 nitrogen and oxygen atoms in total. The second-order valence-electron chi connectivity index (χ2n) is 7.47. The molecule has 4 aromatic rings. The number of halogens is 1. The maximum atomic E-state index is 13.7. The number of nitrogens with one attached hydrogen (secondary N) is 1. The molecule has 0 radical (unpaired) electrons. The van der Waals surface area contributed by atoms with Crippen LogP contribution in [0.4, 0.5) is 10.1 Å². The van der Waals surface area contributed by atoms with Crippen LogP contribution in [0.1, 0.15) is 23.4 Å². The van der Waals surface area contributed by atoms with Crippen molar-refractivity contribution >= 4 is 40.3 Å². The maximum absolute atomic E-state index is 13.7. The van der Waals surface area contributed by atoms with Gasteiger partial charge in [0.1, 0.15) is 5.82 Å². The molecule has 33 heavy (non-hydrogen) atoms. The largest absolute Gasteiger partial charge is 0.322 e. The van der Waals surface area contributed by atoms with E-state index in [9.17, 15) is 14.0 Å². The number of rotatable bonds is 4. The number of hydrogen-bond donors (Lipinski definition) is 1. The van der Waals surface area contributed by atoms with Crippen LogP contribution in [0.25, 0.3) is 6.08 Å². The summed E-state index contributed by atoms with van der Waals surface area (Å²) in [6, 6.07) is 18.1. The topological polar surface area (TPSA) is 63.5 Å². The highest BCUT2D eigenvalue weighted by atomic mass is 32.1. The van der Waals surface area contributed by atoms with Crippen molar-refractivity contribution in [3.8, 4) is 0 Å². The van der Waals surface area contributed by atoms with E-state index in [0.717, 1.165) is 4.88 Å². The Morgan fingerprint density at radius 3 is 2.55 bits per heavy atom. The van der Waals surface area contributed by atoms with Crippen LogP contribution in [0.15, 0.2) is 93.2 Å². The quantitative estimate of drug-likeness (QED) is 0.484. The number of hydrogen-bond acceptors (Lipinski definition) is 5. The first-order chi connectivity index (χ1) is 16.0. The Bertz CT molecular complexity index is 1530. The Kier molecular flexibility index (Phi) is 5.62. The molecule has 2 aromatic heterocycles. The highest BCUT2D eigenvalue weighted by molar-refractivity contribution is 7.11. The van der Waals surface area contributed by atoms with Gasteiger partial charge < -0.3 is 5.32 Å². The Balaban J connectivity index is 1.68. The molecule has 5 rings (SSSR count). The average Bonchev–Trinajstić information content (AvgIpc) is 3.42. The number of aromatic nitrogens is 1. The van der Waals surface area contributed by atoms with Crippen molar-refractivity contribution in [2.75, 3.05) is 5.32 Å².